The third-order valence-electron chi connectivity index (χ3n) is 2.24. The maximum atomic E-state index is 11.2. The monoisotopic (exact) mass is 203 g/mol. The topological polar surface area (TPSA) is 60.2 Å². The van der Waals surface area contributed by atoms with Gasteiger partial charge >= 0.3 is 0 Å². The lowest BCUT2D eigenvalue weighted by Gasteiger charge is -2.18. The molecule has 1 saturated heterocycles. The highest BCUT2D eigenvalue weighted by Gasteiger charge is 2.22. The summed E-state index contributed by atoms with van der Waals surface area (Å²) in [6.07, 6.45) is 6.64. The molecule has 4 heteroatoms. The minimum atomic E-state index is -2.75. The number of nitrogens with two attached hydrogens (primary N) is 1. The van der Waals surface area contributed by atoms with Crippen molar-refractivity contribution >= 4 is 9.84 Å². The van der Waals surface area contributed by atoms with E-state index in [0.29, 0.717) is 18.1 Å². The lowest BCUT2D eigenvalue weighted by atomic mass is 10.0. The van der Waals surface area contributed by atoms with Gasteiger partial charge in [-0.15, -0.1) is 0 Å². The lowest BCUT2D eigenvalue weighted by Crippen LogP contribution is -2.23. The average molecular weight is 203 g/mol. The van der Waals surface area contributed by atoms with E-state index in [1.54, 1.807) is 0 Å². The second-order valence-electron chi connectivity index (χ2n) is 3.52. The molecule has 1 rings (SSSR count). The van der Waals surface area contributed by atoms with Crippen LogP contribution in [-0.2, 0) is 9.84 Å². The van der Waals surface area contributed by atoms with Crippen LogP contribution in [0.5, 0.6) is 0 Å². The van der Waals surface area contributed by atoms with E-state index >= 15 is 0 Å². The first kappa shape index (κ1) is 10.7. The molecular formula is C9H17NO2S. The van der Waals surface area contributed by atoms with E-state index in [2.05, 4.69) is 0 Å². The Hall–Kier alpha value is -0.350. The molecule has 13 heavy (non-hydrogen) atoms. The van der Waals surface area contributed by atoms with Crippen LogP contribution in [0.3, 0.4) is 0 Å². The standard InChI is InChI=1S/C9H17NO2S/c10-6-2-1-4-9-5-3-7-13(11,12)8-9/h1,4,9H,2-3,5-8,10H2/b4-1-. The van der Waals surface area contributed by atoms with Crippen LogP contribution in [0.4, 0.5) is 0 Å². The van der Waals surface area contributed by atoms with Crippen molar-refractivity contribution in [3.05, 3.63) is 12.2 Å². The van der Waals surface area contributed by atoms with Gasteiger partial charge in [0.15, 0.2) is 9.84 Å². The van der Waals surface area contributed by atoms with Crippen LogP contribution in [-0.4, -0.2) is 26.5 Å². The molecule has 1 fully saturated rings. The summed E-state index contributed by atoms with van der Waals surface area (Å²) in [5, 5.41) is 0. The molecule has 76 valence electrons. The van der Waals surface area contributed by atoms with Crippen LogP contribution in [0.25, 0.3) is 0 Å². The van der Waals surface area contributed by atoms with Crippen LogP contribution < -0.4 is 5.73 Å². The molecule has 1 aliphatic rings. The molecule has 1 aliphatic heterocycles. The Morgan fingerprint density at radius 2 is 2.23 bits per heavy atom. The molecule has 0 amide bonds. The Bertz CT molecular complexity index is 269. The van der Waals surface area contributed by atoms with E-state index in [9.17, 15) is 8.42 Å². The highest BCUT2D eigenvalue weighted by atomic mass is 32.2. The van der Waals surface area contributed by atoms with Crippen molar-refractivity contribution in [2.75, 3.05) is 18.1 Å². The van der Waals surface area contributed by atoms with Gasteiger partial charge in [0.05, 0.1) is 11.5 Å². The average Bonchev–Trinajstić information content (AvgIpc) is 2.03. The zero-order valence-electron chi connectivity index (χ0n) is 7.78. The van der Waals surface area contributed by atoms with Gasteiger partial charge in [-0.2, -0.15) is 0 Å². The second-order valence-corrected chi connectivity index (χ2v) is 5.75. The first-order valence-electron chi connectivity index (χ1n) is 4.71. The molecule has 3 nitrogen and oxygen atoms in total. The number of allylic oxidation sites excluding steroid dienone is 1. The molecular weight excluding hydrogens is 186 g/mol. The highest BCUT2D eigenvalue weighted by molar-refractivity contribution is 7.91. The Balaban J connectivity index is 2.43. The third-order valence-corrected chi connectivity index (χ3v) is 4.09. The van der Waals surface area contributed by atoms with Gasteiger partial charge in [0.25, 0.3) is 0 Å². The van der Waals surface area contributed by atoms with Crippen molar-refractivity contribution in [3.63, 3.8) is 0 Å². The molecule has 0 aromatic rings. The summed E-state index contributed by atoms with van der Waals surface area (Å²) in [5.74, 6) is 0.924. The minimum Gasteiger partial charge on any atom is -0.330 e. The zero-order chi connectivity index (χ0) is 9.73. The summed E-state index contributed by atoms with van der Waals surface area (Å²) in [6.45, 7) is 0.635. The maximum absolute atomic E-state index is 11.2. The van der Waals surface area contributed by atoms with Crippen molar-refractivity contribution in [3.8, 4) is 0 Å². The molecule has 0 aromatic heterocycles. The van der Waals surface area contributed by atoms with Gasteiger partial charge in [-0.05, 0) is 31.7 Å². The number of rotatable bonds is 3. The maximum Gasteiger partial charge on any atom is 0.150 e. The first-order chi connectivity index (χ1) is 6.14. The third kappa shape index (κ3) is 3.91. The number of hydrogen-bond donors (Lipinski definition) is 1. The summed E-state index contributed by atoms with van der Waals surface area (Å²) < 4.78 is 22.5. The largest absolute Gasteiger partial charge is 0.330 e. The van der Waals surface area contributed by atoms with Gasteiger partial charge < -0.3 is 5.73 Å². The molecule has 0 saturated carbocycles. The molecule has 0 aromatic carbocycles. The molecule has 1 unspecified atom stereocenters. The van der Waals surface area contributed by atoms with Crippen LogP contribution in [0.2, 0.25) is 0 Å². The van der Waals surface area contributed by atoms with Crippen molar-refractivity contribution < 1.29 is 8.42 Å². The fourth-order valence-corrected chi connectivity index (χ4v) is 3.30. The predicted molar refractivity (Wildman–Crippen MR) is 54.2 cm³/mol. The van der Waals surface area contributed by atoms with E-state index in [1.165, 1.54) is 0 Å². The smallest absolute Gasteiger partial charge is 0.150 e. The summed E-state index contributed by atoms with van der Waals surface area (Å²) in [7, 11) is -2.75. The second kappa shape index (κ2) is 4.77. The molecule has 0 aliphatic carbocycles. The van der Waals surface area contributed by atoms with Crippen molar-refractivity contribution in [2.45, 2.75) is 19.3 Å². The molecule has 0 bridgehead atoms. The van der Waals surface area contributed by atoms with Gasteiger partial charge in [-0.1, -0.05) is 12.2 Å². The van der Waals surface area contributed by atoms with Crippen molar-refractivity contribution in [1.82, 2.24) is 0 Å². The fraction of sp³-hybridized carbons (Fsp3) is 0.778. The van der Waals surface area contributed by atoms with Crippen LogP contribution in [0, 0.1) is 5.92 Å². The quantitative estimate of drug-likeness (QED) is 0.687. The molecule has 0 radical (unpaired) electrons. The lowest BCUT2D eigenvalue weighted by molar-refractivity contribution is 0.542. The fourth-order valence-electron chi connectivity index (χ4n) is 1.59. The number of hydrogen-bond acceptors (Lipinski definition) is 3. The van der Waals surface area contributed by atoms with Crippen molar-refractivity contribution in [1.29, 1.82) is 0 Å². The molecule has 2 N–H and O–H groups in total. The summed E-state index contributed by atoms with van der Waals surface area (Å²) >= 11 is 0. The Kier molecular flexibility index (Phi) is 3.93. The molecule has 0 spiro atoms. The van der Waals surface area contributed by atoms with Crippen LogP contribution in [0.1, 0.15) is 19.3 Å². The van der Waals surface area contributed by atoms with E-state index in [4.69, 9.17) is 5.73 Å². The van der Waals surface area contributed by atoms with E-state index in [0.717, 1.165) is 19.3 Å². The SMILES string of the molecule is NCC/C=C\C1CCCS(=O)(=O)C1. The Morgan fingerprint density at radius 3 is 2.85 bits per heavy atom. The zero-order valence-corrected chi connectivity index (χ0v) is 8.59. The first-order valence-corrected chi connectivity index (χ1v) is 6.53. The molecule has 1 heterocycles. The highest BCUT2D eigenvalue weighted by Crippen LogP contribution is 2.19. The normalized spacial score (nSPS) is 27.9. The Labute approximate surface area is 79.9 Å². The van der Waals surface area contributed by atoms with Crippen molar-refractivity contribution in [2.24, 2.45) is 11.7 Å². The summed E-state index contributed by atoms with van der Waals surface area (Å²) in [4.78, 5) is 0. The summed E-state index contributed by atoms with van der Waals surface area (Å²) in [6, 6.07) is 0. The predicted octanol–water partition coefficient (Wildman–Crippen LogP) is 0.716. The Morgan fingerprint density at radius 1 is 1.46 bits per heavy atom. The van der Waals surface area contributed by atoms with Gasteiger partial charge in [0.1, 0.15) is 0 Å². The van der Waals surface area contributed by atoms with Gasteiger partial charge in [-0.3, -0.25) is 0 Å². The van der Waals surface area contributed by atoms with Crippen LogP contribution in [0.15, 0.2) is 12.2 Å². The van der Waals surface area contributed by atoms with Gasteiger partial charge in [0, 0.05) is 0 Å². The molecule has 1 atom stereocenters. The van der Waals surface area contributed by atoms with E-state index in [-0.39, 0.29) is 5.92 Å². The van der Waals surface area contributed by atoms with E-state index in [1.807, 2.05) is 12.2 Å². The van der Waals surface area contributed by atoms with Gasteiger partial charge in [-0.25, -0.2) is 8.42 Å². The number of sulfone groups is 1. The summed E-state index contributed by atoms with van der Waals surface area (Å²) in [5.41, 5.74) is 5.33. The minimum absolute atomic E-state index is 0.227. The van der Waals surface area contributed by atoms with Gasteiger partial charge in [0.2, 0.25) is 0 Å². The van der Waals surface area contributed by atoms with E-state index < -0.39 is 9.84 Å². The van der Waals surface area contributed by atoms with Crippen LogP contribution >= 0.6 is 0 Å².